The Labute approximate surface area is 129 Å². The predicted octanol–water partition coefficient (Wildman–Crippen LogP) is 4.11. The van der Waals surface area contributed by atoms with Crippen LogP contribution < -0.4 is 4.74 Å². The molecule has 1 aliphatic heterocycles. The highest BCUT2D eigenvalue weighted by Gasteiger charge is 2.37. The molecular formula is C17H23BrO2. The Kier molecular flexibility index (Phi) is 3.85. The van der Waals surface area contributed by atoms with Crippen LogP contribution in [0, 0.1) is 11.8 Å². The van der Waals surface area contributed by atoms with Crippen molar-refractivity contribution in [3.63, 3.8) is 0 Å². The molecule has 2 nitrogen and oxygen atoms in total. The molecule has 3 heteroatoms. The van der Waals surface area contributed by atoms with Crippen LogP contribution in [0.2, 0.25) is 0 Å². The van der Waals surface area contributed by atoms with E-state index in [1.54, 1.807) is 0 Å². The fraction of sp³-hybridized carbons (Fsp3) is 0.647. The van der Waals surface area contributed by atoms with E-state index < -0.39 is 5.60 Å². The maximum Gasteiger partial charge on any atom is 0.125 e. The highest BCUT2D eigenvalue weighted by atomic mass is 79.9. The van der Waals surface area contributed by atoms with Crippen LogP contribution in [0.5, 0.6) is 5.75 Å². The second-order valence-electron chi connectivity index (χ2n) is 6.91. The van der Waals surface area contributed by atoms with Crippen molar-refractivity contribution in [1.29, 1.82) is 0 Å². The molecule has 1 aromatic rings. The smallest absolute Gasteiger partial charge is 0.125 e. The van der Waals surface area contributed by atoms with E-state index in [0.717, 1.165) is 41.7 Å². The number of hydrogen-bond acceptors (Lipinski definition) is 2. The molecule has 1 N–H and O–H groups in total. The SMILES string of the molecule is CC1CC(C)CC(O)(Cc2cc(Br)cc3c2OCC3)C1. The quantitative estimate of drug-likeness (QED) is 0.879. The highest BCUT2D eigenvalue weighted by Crippen LogP contribution is 2.41. The van der Waals surface area contributed by atoms with E-state index >= 15 is 0 Å². The normalized spacial score (nSPS) is 32.8. The molecule has 0 aromatic heterocycles. The third-order valence-electron chi connectivity index (χ3n) is 4.61. The Hall–Kier alpha value is -0.540. The van der Waals surface area contributed by atoms with E-state index in [1.165, 1.54) is 12.0 Å². The van der Waals surface area contributed by atoms with Crippen molar-refractivity contribution < 1.29 is 9.84 Å². The van der Waals surface area contributed by atoms with Gasteiger partial charge in [-0.1, -0.05) is 29.8 Å². The van der Waals surface area contributed by atoms with Crippen LogP contribution in [0.4, 0.5) is 0 Å². The van der Waals surface area contributed by atoms with Gasteiger partial charge in [-0.3, -0.25) is 0 Å². The summed E-state index contributed by atoms with van der Waals surface area (Å²) in [5, 5.41) is 11.0. The van der Waals surface area contributed by atoms with E-state index in [1.807, 2.05) is 0 Å². The van der Waals surface area contributed by atoms with Crippen molar-refractivity contribution in [3.05, 3.63) is 27.7 Å². The number of halogens is 1. The fourth-order valence-electron chi connectivity index (χ4n) is 4.21. The van der Waals surface area contributed by atoms with Crippen LogP contribution >= 0.6 is 15.9 Å². The van der Waals surface area contributed by atoms with E-state index in [4.69, 9.17) is 4.74 Å². The number of ether oxygens (including phenoxy) is 1. The monoisotopic (exact) mass is 338 g/mol. The lowest BCUT2D eigenvalue weighted by Crippen LogP contribution is -2.39. The zero-order valence-corrected chi connectivity index (χ0v) is 13.9. The van der Waals surface area contributed by atoms with Gasteiger partial charge < -0.3 is 9.84 Å². The zero-order chi connectivity index (χ0) is 14.3. The lowest BCUT2D eigenvalue weighted by molar-refractivity contribution is -0.0308. The Morgan fingerprint density at radius 2 is 2.00 bits per heavy atom. The first kappa shape index (κ1) is 14.4. The van der Waals surface area contributed by atoms with Gasteiger partial charge in [-0.05, 0) is 54.4 Å². The molecule has 0 bridgehead atoms. The number of hydrogen-bond donors (Lipinski definition) is 1. The molecule has 110 valence electrons. The first-order chi connectivity index (χ1) is 9.45. The Balaban J connectivity index is 1.87. The van der Waals surface area contributed by atoms with E-state index in [0.29, 0.717) is 18.3 Å². The maximum atomic E-state index is 11.0. The molecule has 2 unspecified atom stereocenters. The Morgan fingerprint density at radius 1 is 1.30 bits per heavy atom. The van der Waals surface area contributed by atoms with Gasteiger partial charge in [0.15, 0.2) is 0 Å². The van der Waals surface area contributed by atoms with Gasteiger partial charge in [-0.25, -0.2) is 0 Å². The van der Waals surface area contributed by atoms with E-state index in [9.17, 15) is 5.11 Å². The average molecular weight is 339 g/mol. The first-order valence-electron chi connectivity index (χ1n) is 7.62. The van der Waals surface area contributed by atoms with Crippen molar-refractivity contribution in [2.24, 2.45) is 11.8 Å². The van der Waals surface area contributed by atoms with Crippen molar-refractivity contribution in [2.45, 2.75) is 51.6 Å². The molecular weight excluding hydrogens is 316 g/mol. The molecule has 1 aliphatic carbocycles. The van der Waals surface area contributed by atoms with Crippen LogP contribution in [0.3, 0.4) is 0 Å². The minimum Gasteiger partial charge on any atom is -0.493 e. The van der Waals surface area contributed by atoms with Crippen LogP contribution in [-0.2, 0) is 12.8 Å². The van der Waals surface area contributed by atoms with Gasteiger partial charge in [0.25, 0.3) is 0 Å². The second-order valence-corrected chi connectivity index (χ2v) is 7.82. The van der Waals surface area contributed by atoms with Crippen molar-refractivity contribution in [2.75, 3.05) is 6.61 Å². The summed E-state index contributed by atoms with van der Waals surface area (Å²) in [5.41, 5.74) is 1.86. The standard InChI is InChI=1S/C17H23BrO2/c1-11-5-12(2)9-17(19,8-11)10-14-7-15(18)6-13-3-4-20-16(13)14/h6-7,11-12,19H,3-5,8-10H2,1-2H3. The first-order valence-corrected chi connectivity index (χ1v) is 8.41. The molecule has 0 amide bonds. The van der Waals surface area contributed by atoms with Crippen molar-refractivity contribution in [3.8, 4) is 5.75 Å². The van der Waals surface area contributed by atoms with Crippen LogP contribution in [-0.4, -0.2) is 17.3 Å². The van der Waals surface area contributed by atoms with Crippen molar-refractivity contribution >= 4 is 15.9 Å². The molecule has 3 rings (SSSR count). The number of aliphatic hydroxyl groups is 1. The van der Waals surface area contributed by atoms with Gasteiger partial charge in [0, 0.05) is 17.3 Å². The Morgan fingerprint density at radius 3 is 2.70 bits per heavy atom. The van der Waals surface area contributed by atoms with Crippen LogP contribution in [0.15, 0.2) is 16.6 Å². The lowest BCUT2D eigenvalue weighted by atomic mass is 9.71. The summed E-state index contributed by atoms with van der Waals surface area (Å²) < 4.78 is 6.89. The van der Waals surface area contributed by atoms with Gasteiger partial charge in [0.05, 0.1) is 12.2 Å². The molecule has 1 aromatic carbocycles. The summed E-state index contributed by atoms with van der Waals surface area (Å²) in [4.78, 5) is 0. The largest absolute Gasteiger partial charge is 0.493 e. The zero-order valence-electron chi connectivity index (χ0n) is 12.3. The molecule has 1 fully saturated rings. The summed E-state index contributed by atoms with van der Waals surface area (Å²) in [6.45, 7) is 5.27. The molecule has 2 aliphatic rings. The van der Waals surface area contributed by atoms with Gasteiger partial charge >= 0.3 is 0 Å². The third kappa shape index (κ3) is 2.89. The second kappa shape index (κ2) is 5.34. The number of rotatable bonds is 2. The number of fused-ring (bicyclic) bond motifs is 1. The molecule has 2 atom stereocenters. The average Bonchev–Trinajstić information content (AvgIpc) is 2.73. The van der Waals surface area contributed by atoms with E-state index in [-0.39, 0.29) is 0 Å². The Bertz CT molecular complexity index is 502. The predicted molar refractivity (Wildman–Crippen MR) is 84.2 cm³/mol. The summed E-state index contributed by atoms with van der Waals surface area (Å²) in [6.07, 6.45) is 4.73. The van der Waals surface area contributed by atoms with Crippen molar-refractivity contribution in [1.82, 2.24) is 0 Å². The minimum absolute atomic E-state index is 0.572. The molecule has 0 spiro atoms. The molecule has 0 saturated heterocycles. The fourth-order valence-corrected chi connectivity index (χ4v) is 4.76. The molecule has 1 heterocycles. The van der Waals surface area contributed by atoms with Gasteiger partial charge in [-0.15, -0.1) is 0 Å². The molecule has 20 heavy (non-hydrogen) atoms. The summed E-state index contributed by atoms with van der Waals surface area (Å²) >= 11 is 3.58. The van der Waals surface area contributed by atoms with Crippen LogP contribution in [0.25, 0.3) is 0 Å². The maximum absolute atomic E-state index is 11.0. The van der Waals surface area contributed by atoms with Gasteiger partial charge in [0.2, 0.25) is 0 Å². The molecule has 1 saturated carbocycles. The third-order valence-corrected chi connectivity index (χ3v) is 5.06. The summed E-state index contributed by atoms with van der Waals surface area (Å²) in [6, 6.07) is 4.26. The number of benzene rings is 1. The van der Waals surface area contributed by atoms with Gasteiger partial charge in [-0.2, -0.15) is 0 Å². The molecule has 0 radical (unpaired) electrons. The lowest BCUT2D eigenvalue weighted by Gasteiger charge is -2.39. The summed E-state index contributed by atoms with van der Waals surface area (Å²) in [7, 11) is 0. The van der Waals surface area contributed by atoms with Gasteiger partial charge in [0.1, 0.15) is 5.75 Å². The van der Waals surface area contributed by atoms with E-state index in [2.05, 4.69) is 41.9 Å². The highest BCUT2D eigenvalue weighted by molar-refractivity contribution is 9.10. The minimum atomic E-state index is -0.572. The summed E-state index contributed by atoms with van der Waals surface area (Å²) in [5.74, 6) is 2.22. The topological polar surface area (TPSA) is 29.5 Å². The van der Waals surface area contributed by atoms with Crippen LogP contribution in [0.1, 0.15) is 44.2 Å².